The summed E-state index contributed by atoms with van der Waals surface area (Å²) in [7, 11) is 0. The molecule has 0 aliphatic rings. The van der Waals surface area contributed by atoms with Crippen molar-refractivity contribution in [3.8, 4) is 5.69 Å². The molecule has 19 heavy (non-hydrogen) atoms. The van der Waals surface area contributed by atoms with Crippen molar-refractivity contribution < 1.29 is 4.92 Å². The van der Waals surface area contributed by atoms with Crippen molar-refractivity contribution in [3.05, 3.63) is 32.3 Å². The maximum absolute atomic E-state index is 11.1. The molecular weight excluding hydrogens is 313 g/mol. The van der Waals surface area contributed by atoms with E-state index in [1.54, 1.807) is 6.26 Å². The lowest BCUT2D eigenvalue weighted by molar-refractivity contribution is -0.384. The number of nitrogen functional groups attached to an aromatic ring is 1. The first-order valence-electron chi connectivity index (χ1n) is 4.85. The van der Waals surface area contributed by atoms with Crippen molar-refractivity contribution in [2.75, 3.05) is 12.0 Å². The van der Waals surface area contributed by atoms with Gasteiger partial charge in [-0.2, -0.15) is 9.67 Å². The van der Waals surface area contributed by atoms with Crippen LogP contribution in [0.5, 0.6) is 0 Å². The van der Waals surface area contributed by atoms with Gasteiger partial charge in [0.1, 0.15) is 0 Å². The van der Waals surface area contributed by atoms with Crippen LogP contribution in [0.15, 0.2) is 17.3 Å². The van der Waals surface area contributed by atoms with Crippen LogP contribution >= 0.6 is 35.0 Å². The molecule has 1 heterocycles. The van der Waals surface area contributed by atoms with Gasteiger partial charge in [-0.15, -0.1) is 5.10 Å². The number of nitro groups is 1. The molecule has 0 unspecified atom stereocenters. The number of nitrogens with two attached hydrogens (primary N) is 1. The number of hydrogen-bond acceptors (Lipinski definition) is 6. The largest absolute Gasteiger partial charge is 0.366 e. The zero-order valence-corrected chi connectivity index (χ0v) is 11.8. The average molecular weight is 320 g/mol. The molecule has 0 aliphatic heterocycles. The minimum atomic E-state index is -0.570. The number of anilines is 1. The van der Waals surface area contributed by atoms with Crippen LogP contribution in [-0.4, -0.2) is 25.9 Å². The third-order valence-corrected chi connectivity index (χ3v) is 3.66. The molecule has 1 aromatic heterocycles. The Labute approximate surface area is 121 Å². The first-order valence-corrected chi connectivity index (χ1v) is 6.83. The van der Waals surface area contributed by atoms with Crippen LogP contribution in [0.25, 0.3) is 5.69 Å². The predicted molar refractivity (Wildman–Crippen MR) is 74.2 cm³/mol. The van der Waals surface area contributed by atoms with Gasteiger partial charge in [-0.05, 0) is 12.3 Å². The molecule has 0 saturated heterocycles. The summed E-state index contributed by atoms with van der Waals surface area (Å²) in [6.45, 7) is 0. The van der Waals surface area contributed by atoms with E-state index in [1.165, 1.54) is 28.6 Å². The summed E-state index contributed by atoms with van der Waals surface area (Å²) < 4.78 is 1.21. The lowest BCUT2D eigenvalue weighted by atomic mass is 10.2. The maximum atomic E-state index is 11.1. The minimum Gasteiger partial charge on any atom is -0.366 e. The molecule has 0 radical (unpaired) electrons. The topological polar surface area (TPSA) is 99.9 Å². The Morgan fingerprint density at radius 2 is 2.16 bits per heavy atom. The Hall–Kier alpha value is -1.51. The number of hydrogen-bond donors (Lipinski definition) is 1. The monoisotopic (exact) mass is 319 g/mol. The number of aromatic nitrogens is 3. The van der Waals surface area contributed by atoms with Crippen LogP contribution in [0, 0.1) is 10.1 Å². The Morgan fingerprint density at radius 1 is 1.47 bits per heavy atom. The van der Waals surface area contributed by atoms with Gasteiger partial charge in [-0.3, -0.25) is 10.1 Å². The fourth-order valence-electron chi connectivity index (χ4n) is 1.47. The summed E-state index contributed by atoms with van der Waals surface area (Å²) >= 11 is 13.2. The highest BCUT2D eigenvalue weighted by atomic mass is 35.5. The normalized spacial score (nSPS) is 10.7. The second-order valence-corrected chi connectivity index (χ2v) is 4.91. The summed E-state index contributed by atoms with van der Waals surface area (Å²) in [5, 5.41) is 15.6. The fraction of sp³-hybridized carbons (Fsp3) is 0.111. The third-order valence-electron chi connectivity index (χ3n) is 2.23. The predicted octanol–water partition coefficient (Wildman–Crippen LogP) is 2.79. The molecule has 2 aromatic rings. The van der Waals surface area contributed by atoms with E-state index in [-0.39, 0.29) is 27.4 Å². The molecule has 0 spiro atoms. The number of halogens is 2. The zero-order valence-electron chi connectivity index (χ0n) is 9.50. The van der Waals surface area contributed by atoms with Crippen LogP contribution in [0.1, 0.15) is 0 Å². The molecule has 0 fully saturated rings. The van der Waals surface area contributed by atoms with Gasteiger partial charge in [-0.1, -0.05) is 35.0 Å². The van der Waals surface area contributed by atoms with Crippen molar-refractivity contribution in [1.29, 1.82) is 0 Å². The molecule has 0 amide bonds. The number of thioether (sulfide) groups is 1. The van der Waals surface area contributed by atoms with Gasteiger partial charge >= 0.3 is 0 Å². The molecule has 0 aliphatic carbocycles. The van der Waals surface area contributed by atoms with Gasteiger partial charge in [0.15, 0.2) is 10.8 Å². The number of benzene rings is 1. The highest BCUT2D eigenvalue weighted by Gasteiger charge is 2.24. The van der Waals surface area contributed by atoms with E-state index in [4.69, 9.17) is 28.9 Å². The molecule has 100 valence electrons. The SMILES string of the molecule is CSc1nc(N)nn1-c1c([N+](=O)[O-])ccc(Cl)c1Cl. The van der Waals surface area contributed by atoms with Gasteiger partial charge in [-0.25, -0.2) is 0 Å². The van der Waals surface area contributed by atoms with Crippen molar-refractivity contribution >= 4 is 46.6 Å². The first kappa shape index (κ1) is 13.9. The van der Waals surface area contributed by atoms with Gasteiger partial charge in [0, 0.05) is 6.07 Å². The molecule has 7 nitrogen and oxygen atoms in total. The highest BCUT2D eigenvalue weighted by molar-refractivity contribution is 7.98. The number of nitrogens with zero attached hydrogens (tertiary/aromatic N) is 4. The summed E-state index contributed by atoms with van der Waals surface area (Å²) in [4.78, 5) is 14.4. The van der Waals surface area contributed by atoms with Crippen LogP contribution in [0.4, 0.5) is 11.6 Å². The van der Waals surface area contributed by atoms with Gasteiger partial charge in [0.2, 0.25) is 5.95 Å². The number of nitro benzene ring substituents is 1. The summed E-state index contributed by atoms with van der Waals surface area (Å²) in [5.41, 5.74) is 5.33. The Morgan fingerprint density at radius 3 is 2.74 bits per heavy atom. The molecule has 0 atom stereocenters. The maximum Gasteiger partial charge on any atom is 0.296 e. The summed E-state index contributed by atoms with van der Waals surface area (Å²) in [6.07, 6.45) is 1.74. The van der Waals surface area contributed by atoms with Crippen LogP contribution in [-0.2, 0) is 0 Å². The molecule has 0 saturated carbocycles. The molecule has 0 bridgehead atoms. The highest BCUT2D eigenvalue weighted by Crippen LogP contribution is 2.37. The van der Waals surface area contributed by atoms with E-state index in [1.807, 2.05) is 0 Å². The van der Waals surface area contributed by atoms with E-state index >= 15 is 0 Å². The Balaban J connectivity index is 2.79. The quantitative estimate of drug-likeness (QED) is 0.530. The first-order chi connectivity index (χ1) is 8.95. The van der Waals surface area contributed by atoms with Crippen molar-refractivity contribution in [3.63, 3.8) is 0 Å². The van der Waals surface area contributed by atoms with Crippen molar-refractivity contribution in [2.45, 2.75) is 5.16 Å². The van der Waals surface area contributed by atoms with Crippen molar-refractivity contribution in [2.24, 2.45) is 0 Å². The van der Waals surface area contributed by atoms with Gasteiger partial charge < -0.3 is 5.73 Å². The van der Waals surface area contributed by atoms with Crippen LogP contribution in [0.2, 0.25) is 10.0 Å². The van der Waals surface area contributed by atoms with Crippen molar-refractivity contribution in [1.82, 2.24) is 14.8 Å². The van der Waals surface area contributed by atoms with E-state index in [0.717, 1.165) is 0 Å². The Kier molecular flexibility index (Phi) is 3.83. The second-order valence-electron chi connectivity index (χ2n) is 3.35. The Bertz CT molecular complexity index is 660. The fourth-order valence-corrected chi connectivity index (χ4v) is 2.35. The van der Waals surface area contributed by atoms with Crippen LogP contribution < -0.4 is 5.73 Å². The van der Waals surface area contributed by atoms with E-state index in [2.05, 4.69) is 10.1 Å². The molecule has 2 N–H and O–H groups in total. The standard InChI is InChI=1S/C9H7Cl2N5O2S/c1-19-9-13-8(12)14-15(9)7-5(16(17)18)3-2-4(10)6(7)11/h2-3H,1H3,(H2,12,14). The molecular formula is C9H7Cl2N5O2S. The third kappa shape index (κ3) is 2.46. The van der Waals surface area contributed by atoms with Gasteiger partial charge in [0.05, 0.1) is 15.0 Å². The van der Waals surface area contributed by atoms with Gasteiger partial charge in [0.25, 0.3) is 5.69 Å². The lowest BCUT2D eigenvalue weighted by Crippen LogP contribution is -2.04. The molecule has 10 heteroatoms. The summed E-state index contributed by atoms with van der Waals surface area (Å²) in [5.74, 6) is -0.00492. The molecule has 1 aromatic carbocycles. The summed E-state index contributed by atoms with van der Waals surface area (Å²) in [6, 6.07) is 2.61. The smallest absolute Gasteiger partial charge is 0.296 e. The molecule has 2 rings (SSSR count). The minimum absolute atomic E-state index is 0.00492. The van der Waals surface area contributed by atoms with E-state index in [0.29, 0.717) is 5.16 Å². The second kappa shape index (κ2) is 5.24. The van der Waals surface area contributed by atoms with Crippen LogP contribution in [0.3, 0.4) is 0 Å². The average Bonchev–Trinajstić information content (AvgIpc) is 2.73. The van der Waals surface area contributed by atoms with E-state index < -0.39 is 4.92 Å². The lowest BCUT2D eigenvalue weighted by Gasteiger charge is -2.08. The zero-order chi connectivity index (χ0) is 14.2. The number of rotatable bonds is 3. The van der Waals surface area contributed by atoms with E-state index in [9.17, 15) is 10.1 Å².